The zero-order chi connectivity index (χ0) is 12.3. The molecule has 1 heterocycles. The molecule has 0 spiro atoms. The second kappa shape index (κ2) is 5.83. The Labute approximate surface area is 104 Å². The number of nitrogens with one attached hydrogen (secondary N) is 1. The lowest BCUT2D eigenvalue weighted by Crippen LogP contribution is -2.38. The van der Waals surface area contributed by atoms with E-state index >= 15 is 0 Å². The summed E-state index contributed by atoms with van der Waals surface area (Å²) in [6.45, 7) is 6.20. The van der Waals surface area contributed by atoms with Crippen molar-refractivity contribution in [2.75, 3.05) is 39.9 Å². The molecule has 0 bridgehead atoms. The van der Waals surface area contributed by atoms with Gasteiger partial charge in [-0.05, 0) is 31.2 Å². The summed E-state index contributed by atoms with van der Waals surface area (Å²) in [7, 11) is 1.88. The molecule has 4 nitrogen and oxygen atoms in total. The third kappa shape index (κ3) is 3.68. The molecule has 0 aromatic rings. The van der Waals surface area contributed by atoms with E-state index in [0.29, 0.717) is 12.5 Å². The number of hydrogen-bond donors (Lipinski definition) is 1. The highest BCUT2D eigenvalue weighted by Crippen LogP contribution is 2.28. The molecule has 1 amide bonds. The van der Waals surface area contributed by atoms with Gasteiger partial charge in [-0.2, -0.15) is 0 Å². The summed E-state index contributed by atoms with van der Waals surface area (Å²) in [5.74, 6) is 1.67. The number of carbonyl (C=O) groups excluding carboxylic acids is 1. The highest BCUT2D eigenvalue weighted by molar-refractivity contribution is 5.79. The van der Waals surface area contributed by atoms with E-state index in [2.05, 4.69) is 12.2 Å². The molecule has 4 heteroatoms. The molecule has 0 radical (unpaired) electrons. The zero-order valence-corrected chi connectivity index (χ0v) is 10.9. The van der Waals surface area contributed by atoms with Gasteiger partial charge in [0, 0.05) is 26.7 Å². The molecule has 17 heavy (non-hydrogen) atoms. The maximum Gasteiger partial charge on any atom is 0.227 e. The Kier molecular flexibility index (Phi) is 4.40. The van der Waals surface area contributed by atoms with Crippen LogP contribution in [-0.2, 0) is 9.53 Å². The number of likely N-dealkylation sites (N-methyl/N-ethyl adjacent to an activating group) is 1. The lowest BCUT2D eigenvalue weighted by Gasteiger charge is -2.22. The van der Waals surface area contributed by atoms with Crippen molar-refractivity contribution in [3.05, 3.63) is 0 Å². The van der Waals surface area contributed by atoms with E-state index in [4.69, 9.17) is 4.74 Å². The average molecular weight is 240 g/mol. The summed E-state index contributed by atoms with van der Waals surface area (Å²) in [4.78, 5) is 13.9. The van der Waals surface area contributed by atoms with Crippen molar-refractivity contribution in [1.82, 2.24) is 10.2 Å². The number of amides is 1. The van der Waals surface area contributed by atoms with Crippen LogP contribution in [0.15, 0.2) is 0 Å². The molecule has 0 aromatic carbocycles. The molecule has 98 valence electrons. The number of hydrogen-bond acceptors (Lipinski definition) is 3. The standard InChI is InChI=1S/C13H24N2O2/c1-10-7-14-8-12(10)13(16)15(2)5-6-17-9-11-3-4-11/h10-12,14H,3-9H2,1-2H3/t10-,12-/m1/s1. The Morgan fingerprint density at radius 3 is 2.76 bits per heavy atom. The predicted octanol–water partition coefficient (Wildman–Crippen LogP) is 0.727. The van der Waals surface area contributed by atoms with Crippen LogP contribution in [0.5, 0.6) is 0 Å². The van der Waals surface area contributed by atoms with E-state index < -0.39 is 0 Å². The van der Waals surface area contributed by atoms with E-state index in [1.807, 2.05) is 11.9 Å². The molecule has 0 unspecified atom stereocenters. The first-order valence-corrected chi connectivity index (χ1v) is 6.72. The van der Waals surface area contributed by atoms with Crippen molar-refractivity contribution in [3.8, 4) is 0 Å². The second-order valence-electron chi connectivity index (χ2n) is 5.52. The molecule has 2 fully saturated rings. The average Bonchev–Trinajstić information content (AvgIpc) is 3.04. The first-order valence-electron chi connectivity index (χ1n) is 6.72. The highest BCUT2D eigenvalue weighted by Gasteiger charge is 2.31. The largest absolute Gasteiger partial charge is 0.379 e. The maximum atomic E-state index is 12.1. The van der Waals surface area contributed by atoms with Crippen molar-refractivity contribution in [1.29, 1.82) is 0 Å². The van der Waals surface area contributed by atoms with Crippen LogP contribution in [0.1, 0.15) is 19.8 Å². The molecule has 1 N–H and O–H groups in total. The molecule has 1 aliphatic heterocycles. The van der Waals surface area contributed by atoms with Crippen LogP contribution in [0.4, 0.5) is 0 Å². The van der Waals surface area contributed by atoms with Crippen LogP contribution in [0.25, 0.3) is 0 Å². The Morgan fingerprint density at radius 1 is 1.41 bits per heavy atom. The van der Waals surface area contributed by atoms with Crippen molar-refractivity contribution in [2.45, 2.75) is 19.8 Å². The van der Waals surface area contributed by atoms with E-state index in [0.717, 1.165) is 32.2 Å². The van der Waals surface area contributed by atoms with E-state index in [9.17, 15) is 4.79 Å². The third-order valence-electron chi connectivity index (χ3n) is 3.83. The molecular formula is C13H24N2O2. The summed E-state index contributed by atoms with van der Waals surface area (Å²) in [5, 5.41) is 3.27. The van der Waals surface area contributed by atoms with Gasteiger partial charge in [0.1, 0.15) is 0 Å². The number of nitrogens with zero attached hydrogens (tertiary/aromatic N) is 1. The van der Waals surface area contributed by atoms with Crippen LogP contribution in [0.3, 0.4) is 0 Å². The van der Waals surface area contributed by atoms with Crippen molar-refractivity contribution in [2.24, 2.45) is 17.8 Å². The predicted molar refractivity (Wildman–Crippen MR) is 66.7 cm³/mol. The summed E-state index contributed by atoms with van der Waals surface area (Å²) in [6.07, 6.45) is 2.64. The SMILES string of the molecule is C[C@@H]1CNC[C@H]1C(=O)N(C)CCOCC1CC1. The summed E-state index contributed by atoms with van der Waals surface area (Å²) >= 11 is 0. The minimum atomic E-state index is 0.156. The number of rotatable bonds is 6. The van der Waals surface area contributed by atoms with Gasteiger partial charge < -0.3 is 15.0 Å². The van der Waals surface area contributed by atoms with Crippen LogP contribution in [0.2, 0.25) is 0 Å². The fourth-order valence-corrected chi connectivity index (χ4v) is 2.27. The Balaban J connectivity index is 1.63. The van der Waals surface area contributed by atoms with Gasteiger partial charge in [0.05, 0.1) is 12.5 Å². The van der Waals surface area contributed by atoms with E-state index in [1.54, 1.807) is 0 Å². The molecule has 2 aliphatic rings. The Morgan fingerprint density at radius 2 is 2.18 bits per heavy atom. The molecule has 1 aliphatic carbocycles. The topological polar surface area (TPSA) is 41.6 Å². The second-order valence-corrected chi connectivity index (χ2v) is 5.52. The maximum absolute atomic E-state index is 12.1. The fourth-order valence-electron chi connectivity index (χ4n) is 2.27. The molecule has 1 saturated carbocycles. The van der Waals surface area contributed by atoms with Crippen LogP contribution in [0, 0.1) is 17.8 Å². The smallest absolute Gasteiger partial charge is 0.227 e. The first-order chi connectivity index (χ1) is 8.18. The van der Waals surface area contributed by atoms with Crippen LogP contribution < -0.4 is 5.32 Å². The van der Waals surface area contributed by atoms with Gasteiger partial charge in [-0.15, -0.1) is 0 Å². The van der Waals surface area contributed by atoms with Crippen LogP contribution in [-0.4, -0.2) is 50.7 Å². The fraction of sp³-hybridized carbons (Fsp3) is 0.923. The lowest BCUT2D eigenvalue weighted by molar-refractivity contribution is -0.135. The monoisotopic (exact) mass is 240 g/mol. The zero-order valence-electron chi connectivity index (χ0n) is 10.9. The van der Waals surface area contributed by atoms with Crippen LogP contribution >= 0.6 is 0 Å². The molecular weight excluding hydrogens is 216 g/mol. The van der Waals surface area contributed by atoms with Gasteiger partial charge in [-0.3, -0.25) is 4.79 Å². The van der Waals surface area contributed by atoms with Gasteiger partial charge in [0.25, 0.3) is 0 Å². The molecule has 2 atom stereocenters. The summed E-state index contributed by atoms with van der Waals surface area (Å²) in [6, 6.07) is 0. The first kappa shape index (κ1) is 12.8. The quantitative estimate of drug-likeness (QED) is 0.696. The number of ether oxygens (including phenoxy) is 1. The normalized spacial score (nSPS) is 28.4. The van der Waals surface area contributed by atoms with E-state index in [1.165, 1.54) is 12.8 Å². The van der Waals surface area contributed by atoms with Gasteiger partial charge >= 0.3 is 0 Å². The summed E-state index contributed by atoms with van der Waals surface area (Å²) in [5.41, 5.74) is 0. The van der Waals surface area contributed by atoms with Gasteiger partial charge in [0.15, 0.2) is 0 Å². The Hall–Kier alpha value is -0.610. The summed E-state index contributed by atoms with van der Waals surface area (Å²) < 4.78 is 5.56. The van der Waals surface area contributed by atoms with Crippen molar-refractivity contribution < 1.29 is 9.53 Å². The number of carbonyl (C=O) groups is 1. The van der Waals surface area contributed by atoms with Gasteiger partial charge in [0.2, 0.25) is 5.91 Å². The Bertz CT molecular complexity index is 266. The highest BCUT2D eigenvalue weighted by atomic mass is 16.5. The minimum absolute atomic E-state index is 0.156. The molecule has 0 aromatic heterocycles. The molecule has 2 rings (SSSR count). The minimum Gasteiger partial charge on any atom is -0.379 e. The van der Waals surface area contributed by atoms with Gasteiger partial charge in [-0.1, -0.05) is 6.92 Å². The third-order valence-corrected chi connectivity index (χ3v) is 3.83. The molecule has 1 saturated heterocycles. The van der Waals surface area contributed by atoms with Crippen molar-refractivity contribution >= 4 is 5.91 Å². The van der Waals surface area contributed by atoms with E-state index in [-0.39, 0.29) is 11.8 Å². The van der Waals surface area contributed by atoms with Gasteiger partial charge in [-0.25, -0.2) is 0 Å². The lowest BCUT2D eigenvalue weighted by atomic mass is 9.97. The van der Waals surface area contributed by atoms with Crippen molar-refractivity contribution in [3.63, 3.8) is 0 Å².